The monoisotopic (exact) mass is 499 g/mol. The Hall–Kier alpha value is -4.09. The topological polar surface area (TPSA) is 167 Å². The van der Waals surface area contributed by atoms with Crippen LogP contribution in [0.1, 0.15) is 49.0 Å². The van der Waals surface area contributed by atoms with Crippen molar-refractivity contribution < 1.29 is 29.1 Å². The van der Waals surface area contributed by atoms with E-state index < -0.39 is 53.8 Å². The molecule has 192 valence electrons. The van der Waals surface area contributed by atoms with Gasteiger partial charge in [0, 0.05) is 18.9 Å². The van der Waals surface area contributed by atoms with E-state index in [0.29, 0.717) is 24.8 Å². The lowest BCUT2D eigenvalue weighted by molar-refractivity contribution is -0.142. The van der Waals surface area contributed by atoms with Crippen molar-refractivity contribution in [1.29, 1.82) is 0 Å². The molecule has 3 N–H and O–H groups in total. The number of nitrogens with zero attached hydrogens (tertiary/aromatic N) is 3. The number of aryl methyl sites for hydroxylation is 1. The second kappa shape index (κ2) is 11.1. The van der Waals surface area contributed by atoms with Crippen molar-refractivity contribution in [3.8, 4) is 0 Å². The Balaban J connectivity index is 1.78. The largest absolute Gasteiger partial charge is 0.481 e. The summed E-state index contributed by atoms with van der Waals surface area (Å²) in [5, 5.41) is 13.9. The van der Waals surface area contributed by atoms with Crippen molar-refractivity contribution >= 4 is 35.6 Å². The first kappa shape index (κ1) is 26.5. The van der Waals surface area contributed by atoms with Crippen LogP contribution in [0.5, 0.6) is 0 Å². The van der Waals surface area contributed by atoms with Gasteiger partial charge in [0.25, 0.3) is 11.5 Å². The highest BCUT2D eigenvalue weighted by molar-refractivity contribution is 5.98. The fourth-order valence-corrected chi connectivity index (χ4v) is 4.15. The summed E-state index contributed by atoms with van der Waals surface area (Å²) < 4.78 is 1.25. The Bertz CT molecular complexity index is 1260. The van der Waals surface area contributed by atoms with E-state index in [9.17, 15) is 28.8 Å². The molecule has 2 aromatic heterocycles. The van der Waals surface area contributed by atoms with Gasteiger partial charge in [0.05, 0.1) is 12.5 Å². The minimum atomic E-state index is -1.25. The number of rotatable bonds is 9. The number of aldehydes is 1. The molecule has 0 bridgehead atoms. The van der Waals surface area contributed by atoms with Crippen molar-refractivity contribution in [2.24, 2.45) is 5.92 Å². The van der Waals surface area contributed by atoms with Crippen molar-refractivity contribution in [3.63, 3.8) is 0 Å². The van der Waals surface area contributed by atoms with Crippen LogP contribution in [0.15, 0.2) is 29.3 Å². The molecule has 12 nitrogen and oxygen atoms in total. The van der Waals surface area contributed by atoms with Gasteiger partial charge in [-0.15, -0.1) is 0 Å². The minimum Gasteiger partial charge on any atom is -0.481 e. The van der Waals surface area contributed by atoms with E-state index in [1.807, 2.05) is 6.92 Å². The number of hydrogen-bond acceptors (Lipinski definition) is 7. The van der Waals surface area contributed by atoms with Crippen molar-refractivity contribution in [2.45, 2.75) is 58.2 Å². The SMILES string of the molecule is Cc1ccn2c(=O)c(C(=O)N[C@H](C(=O)N3CCC[C@H]3C(=O)N[C@H](C=O)CC(=O)O)C(C)C)cnc2c1. The van der Waals surface area contributed by atoms with Crippen LogP contribution in [-0.2, 0) is 19.2 Å². The normalized spacial score (nSPS) is 17.0. The van der Waals surface area contributed by atoms with E-state index in [2.05, 4.69) is 15.6 Å². The van der Waals surface area contributed by atoms with E-state index in [0.717, 1.165) is 5.56 Å². The summed E-state index contributed by atoms with van der Waals surface area (Å²) in [5.41, 5.74) is 0.476. The van der Waals surface area contributed by atoms with Gasteiger partial charge in [0.1, 0.15) is 29.6 Å². The molecule has 0 saturated carbocycles. The number of carbonyl (C=O) groups is 5. The number of aromatic nitrogens is 2. The highest BCUT2D eigenvalue weighted by atomic mass is 16.4. The summed E-state index contributed by atoms with van der Waals surface area (Å²) in [6.07, 6.45) is 3.29. The lowest BCUT2D eigenvalue weighted by Gasteiger charge is -2.30. The summed E-state index contributed by atoms with van der Waals surface area (Å²) >= 11 is 0. The van der Waals surface area contributed by atoms with Gasteiger partial charge in [0.2, 0.25) is 11.8 Å². The number of likely N-dealkylation sites (tertiary alicyclic amines) is 1. The van der Waals surface area contributed by atoms with Gasteiger partial charge < -0.3 is 25.4 Å². The van der Waals surface area contributed by atoms with E-state index >= 15 is 0 Å². The van der Waals surface area contributed by atoms with Crippen LogP contribution < -0.4 is 16.2 Å². The Kier molecular flexibility index (Phi) is 8.18. The Morgan fingerprint density at radius 2 is 1.97 bits per heavy atom. The maximum atomic E-state index is 13.4. The smallest absolute Gasteiger partial charge is 0.305 e. The van der Waals surface area contributed by atoms with Crippen LogP contribution >= 0.6 is 0 Å². The molecule has 0 aromatic carbocycles. The Morgan fingerprint density at radius 1 is 1.25 bits per heavy atom. The second-order valence-electron chi connectivity index (χ2n) is 9.14. The lowest BCUT2D eigenvalue weighted by atomic mass is 10.0. The van der Waals surface area contributed by atoms with Crippen LogP contribution in [0, 0.1) is 12.8 Å². The third-order valence-corrected chi connectivity index (χ3v) is 6.05. The minimum absolute atomic E-state index is 0.229. The fraction of sp³-hybridized carbons (Fsp3) is 0.458. The maximum absolute atomic E-state index is 13.4. The summed E-state index contributed by atoms with van der Waals surface area (Å²) in [4.78, 5) is 79.5. The molecule has 1 aliphatic heterocycles. The number of carbonyl (C=O) groups excluding carboxylic acids is 4. The van der Waals surface area contributed by atoms with Crippen molar-refractivity contribution in [3.05, 3.63) is 46.0 Å². The number of carboxylic acids is 1. The summed E-state index contributed by atoms with van der Waals surface area (Å²) in [5.74, 6) is -3.54. The van der Waals surface area contributed by atoms with E-state index in [1.54, 1.807) is 26.0 Å². The average molecular weight is 500 g/mol. The molecular weight excluding hydrogens is 470 g/mol. The third kappa shape index (κ3) is 5.75. The van der Waals surface area contributed by atoms with Gasteiger partial charge in [-0.3, -0.25) is 28.4 Å². The average Bonchev–Trinajstić information content (AvgIpc) is 3.31. The number of aliphatic carboxylic acids is 1. The number of carboxylic acid groups (broad SMARTS) is 1. The van der Waals surface area contributed by atoms with E-state index in [1.165, 1.54) is 21.7 Å². The van der Waals surface area contributed by atoms with Crippen LogP contribution in [0.3, 0.4) is 0 Å². The van der Waals surface area contributed by atoms with Crippen LogP contribution in [0.4, 0.5) is 0 Å². The molecule has 0 aliphatic carbocycles. The van der Waals surface area contributed by atoms with Crippen LogP contribution in [0.25, 0.3) is 5.65 Å². The molecule has 1 aliphatic rings. The molecule has 1 saturated heterocycles. The van der Waals surface area contributed by atoms with Gasteiger partial charge in [0.15, 0.2) is 0 Å². The summed E-state index contributed by atoms with van der Waals surface area (Å²) in [6.45, 7) is 5.54. The molecule has 12 heteroatoms. The summed E-state index contributed by atoms with van der Waals surface area (Å²) in [7, 11) is 0. The molecule has 0 radical (unpaired) electrons. The van der Waals surface area contributed by atoms with Crippen LogP contribution in [0.2, 0.25) is 0 Å². The lowest BCUT2D eigenvalue weighted by Crippen LogP contribution is -2.56. The molecule has 0 spiro atoms. The Labute approximate surface area is 206 Å². The Morgan fingerprint density at radius 3 is 2.61 bits per heavy atom. The molecule has 3 atom stereocenters. The highest BCUT2D eigenvalue weighted by Crippen LogP contribution is 2.21. The van der Waals surface area contributed by atoms with E-state index in [-0.39, 0.29) is 18.0 Å². The first-order valence-electron chi connectivity index (χ1n) is 11.6. The van der Waals surface area contributed by atoms with Crippen molar-refractivity contribution in [2.75, 3.05) is 6.54 Å². The van der Waals surface area contributed by atoms with Crippen LogP contribution in [-0.4, -0.2) is 74.0 Å². The standard InChI is InChI=1S/C24H29N5O7/c1-13(2)20(27-21(33)16-11-25-18-9-14(3)6-8-29(18)23(16)35)24(36)28-7-4-5-17(28)22(34)26-15(12-30)10-19(31)32/h6,8-9,11-13,15,17,20H,4-5,7,10H2,1-3H3,(H,26,34)(H,27,33)(H,31,32)/t15-,17-,20-/m0/s1. The second-order valence-corrected chi connectivity index (χ2v) is 9.14. The van der Waals surface area contributed by atoms with Gasteiger partial charge in [-0.25, -0.2) is 4.98 Å². The zero-order valence-corrected chi connectivity index (χ0v) is 20.3. The highest BCUT2D eigenvalue weighted by Gasteiger charge is 2.39. The van der Waals surface area contributed by atoms with Gasteiger partial charge in [-0.1, -0.05) is 13.8 Å². The van der Waals surface area contributed by atoms with Crippen molar-refractivity contribution in [1.82, 2.24) is 24.9 Å². The quantitative estimate of drug-likeness (QED) is 0.402. The number of fused-ring (bicyclic) bond motifs is 1. The van der Waals surface area contributed by atoms with Gasteiger partial charge >= 0.3 is 5.97 Å². The molecule has 0 unspecified atom stereocenters. The van der Waals surface area contributed by atoms with E-state index in [4.69, 9.17) is 5.11 Å². The zero-order chi connectivity index (χ0) is 26.6. The molecule has 2 aromatic rings. The maximum Gasteiger partial charge on any atom is 0.305 e. The number of nitrogens with one attached hydrogen (secondary N) is 2. The number of hydrogen-bond donors (Lipinski definition) is 3. The predicted molar refractivity (Wildman–Crippen MR) is 127 cm³/mol. The molecular formula is C24H29N5O7. The molecule has 3 rings (SSSR count). The first-order valence-corrected chi connectivity index (χ1v) is 11.6. The zero-order valence-electron chi connectivity index (χ0n) is 20.3. The molecule has 3 amide bonds. The van der Waals surface area contributed by atoms with Gasteiger partial charge in [-0.05, 0) is 43.4 Å². The molecule has 1 fully saturated rings. The first-order chi connectivity index (χ1) is 17.0. The number of amides is 3. The predicted octanol–water partition coefficient (Wildman–Crippen LogP) is -0.0933. The fourth-order valence-electron chi connectivity index (χ4n) is 4.15. The number of pyridine rings is 1. The molecule has 3 heterocycles. The molecule has 36 heavy (non-hydrogen) atoms. The summed E-state index contributed by atoms with van der Waals surface area (Å²) in [6, 6.07) is 0.245. The van der Waals surface area contributed by atoms with Gasteiger partial charge in [-0.2, -0.15) is 0 Å². The third-order valence-electron chi connectivity index (χ3n) is 6.05.